The lowest BCUT2D eigenvalue weighted by molar-refractivity contribution is 0.113. The lowest BCUT2D eigenvalue weighted by atomic mass is 10.2. The fraction of sp³-hybridized carbons (Fsp3) is 0.250. The fourth-order valence-corrected chi connectivity index (χ4v) is 3.01. The van der Waals surface area contributed by atoms with Crippen molar-refractivity contribution in [3.05, 3.63) is 60.2 Å². The number of hydrogen-bond donors (Lipinski definition) is 2. The van der Waals surface area contributed by atoms with E-state index >= 15 is 0 Å². The van der Waals surface area contributed by atoms with Gasteiger partial charge in [0.15, 0.2) is 0 Å². The Morgan fingerprint density at radius 3 is 2.24 bits per heavy atom. The molecule has 2 unspecified atom stereocenters. The summed E-state index contributed by atoms with van der Waals surface area (Å²) in [5.74, 6) is 1.91. The molecule has 0 fully saturated rings. The van der Waals surface area contributed by atoms with Crippen molar-refractivity contribution in [1.29, 1.82) is 0 Å². The second-order valence-electron chi connectivity index (χ2n) is 4.65. The number of benzene rings is 2. The molecule has 5 heteroatoms. The average molecular weight is 306 g/mol. The van der Waals surface area contributed by atoms with E-state index in [4.69, 9.17) is 9.84 Å². The molecular weight excluding hydrogens is 288 g/mol. The molecule has 21 heavy (non-hydrogen) atoms. The van der Waals surface area contributed by atoms with Crippen LogP contribution in [-0.4, -0.2) is 32.9 Å². The van der Waals surface area contributed by atoms with Crippen LogP contribution >= 0.6 is 0 Å². The summed E-state index contributed by atoms with van der Waals surface area (Å²) in [6.45, 7) is -0.365. The van der Waals surface area contributed by atoms with E-state index in [1.165, 1.54) is 0 Å². The molecule has 0 bridgehead atoms. The first-order valence-electron chi connectivity index (χ1n) is 6.63. The van der Waals surface area contributed by atoms with Gasteiger partial charge in [0.1, 0.15) is 11.5 Å². The zero-order chi connectivity index (χ0) is 15.1. The summed E-state index contributed by atoms with van der Waals surface area (Å²) in [7, 11) is -1.20. The van der Waals surface area contributed by atoms with Crippen LogP contribution in [0.5, 0.6) is 11.5 Å². The van der Waals surface area contributed by atoms with E-state index < -0.39 is 16.9 Å². The molecule has 2 rings (SSSR count). The molecule has 2 aromatic rings. The molecule has 0 amide bonds. The van der Waals surface area contributed by atoms with Crippen molar-refractivity contribution in [2.75, 3.05) is 12.4 Å². The normalized spacial score (nSPS) is 13.6. The monoisotopic (exact) mass is 306 g/mol. The molecule has 0 aliphatic rings. The first-order valence-corrected chi connectivity index (χ1v) is 8.12. The van der Waals surface area contributed by atoms with Crippen LogP contribution in [0.2, 0.25) is 0 Å². The van der Waals surface area contributed by atoms with Crippen molar-refractivity contribution in [2.24, 2.45) is 0 Å². The molecule has 0 radical (unpaired) electrons. The second-order valence-corrected chi connectivity index (χ2v) is 6.15. The minimum absolute atomic E-state index is 0.0821. The first kappa shape index (κ1) is 15.7. The topological polar surface area (TPSA) is 66.8 Å². The summed E-state index contributed by atoms with van der Waals surface area (Å²) in [5.41, 5.74) is 0.902. The van der Waals surface area contributed by atoms with Gasteiger partial charge in [0.25, 0.3) is 0 Å². The third-order valence-electron chi connectivity index (χ3n) is 2.82. The lowest BCUT2D eigenvalue weighted by Crippen LogP contribution is -2.21. The number of para-hydroxylation sites is 1. The minimum Gasteiger partial charge on any atom is -0.457 e. The quantitative estimate of drug-likeness (QED) is 0.822. The highest BCUT2D eigenvalue weighted by Crippen LogP contribution is 2.21. The van der Waals surface area contributed by atoms with E-state index in [0.717, 1.165) is 11.3 Å². The van der Waals surface area contributed by atoms with E-state index in [1.54, 1.807) is 0 Å². The highest BCUT2D eigenvalue weighted by Gasteiger charge is 2.09. The molecule has 0 saturated heterocycles. The zero-order valence-electron chi connectivity index (χ0n) is 11.5. The van der Waals surface area contributed by atoms with Crippen LogP contribution in [0.1, 0.15) is 5.56 Å². The van der Waals surface area contributed by atoms with Gasteiger partial charge >= 0.3 is 0 Å². The maximum Gasteiger partial charge on any atom is 0.127 e. The Morgan fingerprint density at radius 1 is 1.00 bits per heavy atom. The predicted octanol–water partition coefficient (Wildman–Crippen LogP) is 2.08. The van der Waals surface area contributed by atoms with Gasteiger partial charge in [0.05, 0.1) is 18.5 Å². The fourth-order valence-electron chi connectivity index (χ4n) is 1.79. The molecular formula is C16H18O4S. The van der Waals surface area contributed by atoms with Gasteiger partial charge in [-0.1, -0.05) is 30.3 Å². The van der Waals surface area contributed by atoms with E-state index in [0.29, 0.717) is 11.5 Å². The van der Waals surface area contributed by atoms with Gasteiger partial charge in [-0.2, -0.15) is 0 Å². The van der Waals surface area contributed by atoms with E-state index in [2.05, 4.69) is 0 Å². The lowest BCUT2D eigenvalue weighted by Gasteiger charge is -2.08. The van der Waals surface area contributed by atoms with Crippen LogP contribution in [0.25, 0.3) is 0 Å². The summed E-state index contributed by atoms with van der Waals surface area (Å²) < 4.78 is 17.4. The molecule has 112 valence electrons. The predicted molar refractivity (Wildman–Crippen MR) is 82.8 cm³/mol. The Kier molecular flexibility index (Phi) is 5.92. The summed E-state index contributed by atoms with van der Waals surface area (Å²) in [5, 5.41) is 18.0. The van der Waals surface area contributed by atoms with Gasteiger partial charge in [-0.15, -0.1) is 0 Å². The maximum absolute atomic E-state index is 11.8. The van der Waals surface area contributed by atoms with Crippen molar-refractivity contribution in [3.8, 4) is 11.5 Å². The van der Waals surface area contributed by atoms with Crippen LogP contribution in [0.4, 0.5) is 0 Å². The van der Waals surface area contributed by atoms with Gasteiger partial charge in [0, 0.05) is 16.6 Å². The first-order chi connectivity index (χ1) is 10.2. The third-order valence-corrected chi connectivity index (χ3v) is 4.23. The standard InChI is InChI=1S/C16H18O4S/c17-10-14(18)12-21(19)11-13-6-8-16(9-7-13)20-15-4-2-1-3-5-15/h1-9,14,17-18H,10-12H2. The minimum atomic E-state index is -1.20. The molecule has 2 N–H and O–H groups in total. The summed E-state index contributed by atoms with van der Waals surface area (Å²) in [6, 6.07) is 16.8. The highest BCUT2D eigenvalue weighted by atomic mass is 32.2. The van der Waals surface area contributed by atoms with Gasteiger partial charge in [0.2, 0.25) is 0 Å². The molecule has 0 aromatic heterocycles. The highest BCUT2D eigenvalue weighted by molar-refractivity contribution is 7.84. The Hall–Kier alpha value is -1.69. The smallest absolute Gasteiger partial charge is 0.127 e. The average Bonchev–Trinajstić information content (AvgIpc) is 2.50. The number of ether oxygens (including phenoxy) is 1. The molecule has 4 nitrogen and oxygen atoms in total. The van der Waals surface area contributed by atoms with Crippen molar-refractivity contribution < 1.29 is 19.2 Å². The Labute approximate surface area is 126 Å². The number of aliphatic hydroxyl groups is 2. The molecule has 2 atom stereocenters. The Morgan fingerprint density at radius 2 is 1.62 bits per heavy atom. The number of hydrogen-bond acceptors (Lipinski definition) is 4. The third kappa shape index (κ3) is 5.30. The van der Waals surface area contributed by atoms with Gasteiger partial charge in [-0.05, 0) is 29.8 Å². The van der Waals surface area contributed by atoms with Crippen molar-refractivity contribution in [3.63, 3.8) is 0 Å². The maximum atomic E-state index is 11.8. The van der Waals surface area contributed by atoms with E-state index in [9.17, 15) is 9.32 Å². The van der Waals surface area contributed by atoms with Crippen LogP contribution in [0, 0.1) is 0 Å². The van der Waals surface area contributed by atoms with Crippen molar-refractivity contribution in [2.45, 2.75) is 11.9 Å². The van der Waals surface area contributed by atoms with E-state index in [1.807, 2.05) is 54.6 Å². The molecule has 0 spiro atoms. The van der Waals surface area contributed by atoms with E-state index in [-0.39, 0.29) is 12.4 Å². The molecule has 0 heterocycles. The van der Waals surface area contributed by atoms with Gasteiger partial charge in [-0.25, -0.2) is 0 Å². The summed E-state index contributed by atoms with van der Waals surface area (Å²) in [4.78, 5) is 0. The van der Waals surface area contributed by atoms with Gasteiger partial charge < -0.3 is 14.9 Å². The van der Waals surface area contributed by atoms with Crippen LogP contribution in [0.3, 0.4) is 0 Å². The summed E-state index contributed by atoms with van der Waals surface area (Å²) in [6.07, 6.45) is -0.925. The Bertz CT molecular complexity index is 569. The Balaban J connectivity index is 1.91. The number of aliphatic hydroxyl groups excluding tert-OH is 2. The largest absolute Gasteiger partial charge is 0.457 e. The zero-order valence-corrected chi connectivity index (χ0v) is 12.3. The van der Waals surface area contributed by atoms with Crippen molar-refractivity contribution in [1.82, 2.24) is 0 Å². The second kappa shape index (κ2) is 7.93. The van der Waals surface area contributed by atoms with Crippen molar-refractivity contribution >= 4 is 10.8 Å². The molecule has 0 saturated carbocycles. The molecule has 0 aliphatic heterocycles. The van der Waals surface area contributed by atoms with Crippen LogP contribution < -0.4 is 4.74 Å². The van der Waals surface area contributed by atoms with Crippen LogP contribution in [0.15, 0.2) is 54.6 Å². The summed E-state index contributed by atoms with van der Waals surface area (Å²) >= 11 is 0. The number of rotatable bonds is 7. The molecule has 0 aliphatic carbocycles. The van der Waals surface area contributed by atoms with Gasteiger partial charge in [-0.3, -0.25) is 4.21 Å². The SMILES string of the molecule is O=S(Cc1ccc(Oc2ccccc2)cc1)CC(O)CO. The molecule has 2 aromatic carbocycles. The van der Waals surface area contributed by atoms with Crippen LogP contribution in [-0.2, 0) is 16.6 Å².